The average molecular weight is 169 g/mol. The molecule has 60 valence electrons. The van der Waals surface area contributed by atoms with Gasteiger partial charge in [0.05, 0.1) is 5.69 Å². The monoisotopic (exact) mass is 169 g/mol. The van der Waals surface area contributed by atoms with Gasteiger partial charge in [0.15, 0.2) is 5.78 Å². The molecule has 0 amide bonds. The molecule has 3 heteroatoms. The highest BCUT2D eigenvalue weighted by atomic mass is 32.2. The number of aromatic amines is 1. The Morgan fingerprint density at radius 2 is 2.45 bits per heavy atom. The summed E-state index contributed by atoms with van der Waals surface area (Å²) in [5, 5.41) is 0. The minimum absolute atomic E-state index is 0.180. The Kier molecular flexibility index (Phi) is 2.76. The quantitative estimate of drug-likeness (QED) is 0.556. The van der Waals surface area contributed by atoms with Gasteiger partial charge in [-0.05, 0) is 12.3 Å². The molecule has 1 aromatic rings. The number of H-pyrrole nitrogens is 1. The summed E-state index contributed by atoms with van der Waals surface area (Å²) in [6, 6.07) is 1.92. The second kappa shape index (κ2) is 3.62. The fourth-order valence-corrected chi connectivity index (χ4v) is 1.50. The smallest absolute Gasteiger partial charge is 0.179 e. The number of nitrogens with one attached hydrogen (secondary N) is 1. The molecule has 1 aromatic heterocycles. The predicted molar refractivity (Wildman–Crippen MR) is 47.2 cm³/mol. The number of aromatic nitrogens is 1. The van der Waals surface area contributed by atoms with Crippen LogP contribution in [0.3, 0.4) is 0 Å². The van der Waals surface area contributed by atoms with Gasteiger partial charge in [0, 0.05) is 17.5 Å². The van der Waals surface area contributed by atoms with Crippen molar-refractivity contribution in [3.63, 3.8) is 0 Å². The van der Waals surface area contributed by atoms with Crippen molar-refractivity contribution in [2.24, 2.45) is 0 Å². The number of hydrogen-bond donors (Lipinski definition) is 1. The van der Waals surface area contributed by atoms with Crippen LogP contribution in [0.15, 0.2) is 17.2 Å². The number of hydrogen-bond acceptors (Lipinski definition) is 2. The second-order valence-corrected chi connectivity index (χ2v) is 3.05. The van der Waals surface area contributed by atoms with Gasteiger partial charge < -0.3 is 4.98 Å². The molecule has 0 saturated carbocycles. The van der Waals surface area contributed by atoms with Crippen molar-refractivity contribution < 1.29 is 4.79 Å². The van der Waals surface area contributed by atoms with E-state index in [2.05, 4.69) is 4.98 Å². The molecule has 0 bridgehead atoms. The number of ketones is 1. The van der Waals surface area contributed by atoms with Crippen LogP contribution < -0.4 is 0 Å². The third kappa shape index (κ3) is 1.66. The molecule has 0 aliphatic heterocycles. The lowest BCUT2D eigenvalue weighted by Gasteiger charge is -1.96. The van der Waals surface area contributed by atoms with Gasteiger partial charge in [0.2, 0.25) is 0 Å². The Morgan fingerprint density at radius 1 is 1.73 bits per heavy atom. The summed E-state index contributed by atoms with van der Waals surface area (Å²) in [7, 11) is 0. The summed E-state index contributed by atoms with van der Waals surface area (Å²) < 4.78 is 0. The molecule has 0 aliphatic carbocycles. The standard InChI is InChI=1S/C8H11NOS/c1-3-6(10)8-7(11-2)4-5-9-8/h4-5,9H,3H2,1-2H3. The first-order chi connectivity index (χ1) is 5.29. The fraction of sp³-hybridized carbons (Fsp3) is 0.375. The summed E-state index contributed by atoms with van der Waals surface area (Å²) in [5.41, 5.74) is 0.750. The molecular weight excluding hydrogens is 158 g/mol. The third-order valence-corrected chi connectivity index (χ3v) is 2.31. The van der Waals surface area contributed by atoms with Gasteiger partial charge in [0.25, 0.3) is 0 Å². The minimum Gasteiger partial charge on any atom is -0.358 e. The van der Waals surface area contributed by atoms with E-state index in [0.29, 0.717) is 6.42 Å². The van der Waals surface area contributed by atoms with E-state index in [0.717, 1.165) is 10.6 Å². The van der Waals surface area contributed by atoms with Crippen LogP contribution in [0.1, 0.15) is 23.8 Å². The lowest BCUT2D eigenvalue weighted by atomic mass is 10.2. The van der Waals surface area contributed by atoms with Crippen molar-refractivity contribution in [1.29, 1.82) is 0 Å². The normalized spacial score (nSPS) is 10.0. The van der Waals surface area contributed by atoms with Crippen LogP contribution >= 0.6 is 11.8 Å². The van der Waals surface area contributed by atoms with E-state index in [1.54, 1.807) is 18.0 Å². The Hall–Kier alpha value is -0.700. The first-order valence-corrected chi connectivity index (χ1v) is 4.76. The lowest BCUT2D eigenvalue weighted by Crippen LogP contribution is -1.97. The van der Waals surface area contributed by atoms with Crippen LogP contribution in [0, 0.1) is 0 Å². The molecule has 0 fully saturated rings. The zero-order valence-corrected chi connectivity index (χ0v) is 7.49. The molecular formula is C8H11NOS. The first kappa shape index (κ1) is 8.40. The molecule has 0 unspecified atom stereocenters. The Labute approximate surface area is 70.4 Å². The maximum absolute atomic E-state index is 11.2. The van der Waals surface area contributed by atoms with Gasteiger partial charge in [-0.3, -0.25) is 4.79 Å². The molecule has 1 rings (SSSR count). The summed E-state index contributed by atoms with van der Waals surface area (Å²) in [6.07, 6.45) is 4.33. The Morgan fingerprint density at radius 3 is 3.00 bits per heavy atom. The number of thioether (sulfide) groups is 1. The molecule has 2 nitrogen and oxygen atoms in total. The maximum atomic E-state index is 11.2. The second-order valence-electron chi connectivity index (χ2n) is 2.20. The van der Waals surface area contributed by atoms with Gasteiger partial charge in [0.1, 0.15) is 0 Å². The van der Waals surface area contributed by atoms with E-state index in [1.165, 1.54) is 0 Å². The number of carbonyl (C=O) groups is 1. The molecule has 0 atom stereocenters. The molecule has 11 heavy (non-hydrogen) atoms. The molecule has 1 N–H and O–H groups in total. The van der Waals surface area contributed by atoms with E-state index in [1.807, 2.05) is 19.2 Å². The average Bonchev–Trinajstić information content (AvgIpc) is 2.50. The highest BCUT2D eigenvalue weighted by molar-refractivity contribution is 7.98. The zero-order chi connectivity index (χ0) is 8.27. The van der Waals surface area contributed by atoms with Crippen molar-refractivity contribution in [3.05, 3.63) is 18.0 Å². The van der Waals surface area contributed by atoms with E-state index in [-0.39, 0.29) is 5.78 Å². The Bertz CT molecular complexity index is 254. The summed E-state index contributed by atoms with van der Waals surface area (Å²) in [4.78, 5) is 15.2. The van der Waals surface area contributed by atoms with E-state index in [4.69, 9.17) is 0 Å². The number of carbonyl (C=O) groups excluding carboxylic acids is 1. The van der Waals surface area contributed by atoms with Crippen LogP contribution in [-0.4, -0.2) is 17.0 Å². The zero-order valence-electron chi connectivity index (χ0n) is 6.68. The van der Waals surface area contributed by atoms with Gasteiger partial charge >= 0.3 is 0 Å². The summed E-state index contributed by atoms with van der Waals surface area (Å²) in [5.74, 6) is 0.180. The number of rotatable bonds is 3. The van der Waals surface area contributed by atoms with Crippen LogP contribution in [0.4, 0.5) is 0 Å². The van der Waals surface area contributed by atoms with Gasteiger partial charge in [-0.1, -0.05) is 6.92 Å². The van der Waals surface area contributed by atoms with Gasteiger partial charge in [-0.25, -0.2) is 0 Å². The lowest BCUT2D eigenvalue weighted by molar-refractivity contribution is 0.0981. The van der Waals surface area contributed by atoms with E-state index in [9.17, 15) is 4.79 Å². The van der Waals surface area contributed by atoms with Crippen molar-refractivity contribution in [3.8, 4) is 0 Å². The van der Waals surface area contributed by atoms with Crippen molar-refractivity contribution in [1.82, 2.24) is 4.98 Å². The molecule has 0 spiro atoms. The topological polar surface area (TPSA) is 32.9 Å². The highest BCUT2D eigenvalue weighted by Gasteiger charge is 2.08. The van der Waals surface area contributed by atoms with Crippen molar-refractivity contribution >= 4 is 17.5 Å². The van der Waals surface area contributed by atoms with Gasteiger partial charge in [-0.2, -0.15) is 0 Å². The van der Waals surface area contributed by atoms with Crippen LogP contribution in [0.5, 0.6) is 0 Å². The molecule has 0 saturated heterocycles. The van der Waals surface area contributed by atoms with Gasteiger partial charge in [-0.15, -0.1) is 11.8 Å². The highest BCUT2D eigenvalue weighted by Crippen LogP contribution is 2.19. The van der Waals surface area contributed by atoms with E-state index < -0.39 is 0 Å². The number of Topliss-reactive ketones (excluding diaryl/α,β-unsaturated/α-hetero) is 1. The first-order valence-electron chi connectivity index (χ1n) is 3.54. The summed E-state index contributed by atoms with van der Waals surface area (Å²) >= 11 is 1.59. The largest absolute Gasteiger partial charge is 0.358 e. The molecule has 1 heterocycles. The molecule has 0 aromatic carbocycles. The van der Waals surface area contributed by atoms with Crippen molar-refractivity contribution in [2.45, 2.75) is 18.2 Å². The summed E-state index contributed by atoms with van der Waals surface area (Å²) in [6.45, 7) is 1.87. The van der Waals surface area contributed by atoms with Crippen LogP contribution in [0.2, 0.25) is 0 Å². The van der Waals surface area contributed by atoms with Crippen LogP contribution in [0.25, 0.3) is 0 Å². The Balaban J connectivity index is 2.92. The van der Waals surface area contributed by atoms with Crippen molar-refractivity contribution in [2.75, 3.05) is 6.26 Å². The maximum Gasteiger partial charge on any atom is 0.179 e. The molecule has 0 aliphatic rings. The van der Waals surface area contributed by atoms with E-state index >= 15 is 0 Å². The fourth-order valence-electron chi connectivity index (χ4n) is 0.920. The predicted octanol–water partition coefficient (Wildman–Crippen LogP) is 2.33. The van der Waals surface area contributed by atoms with Crippen LogP contribution in [-0.2, 0) is 0 Å². The SMILES string of the molecule is CCC(=O)c1[nH]ccc1SC. The minimum atomic E-state index is 0.180. The molecule has 0 radical (unpaired) electrons. The third-order valence-electron chi connectivity index (χ3n) is 1.53.